The Morgan fingerprint density at radius 3 is 2.74 bits per heavy atom. The van der Waals surface area contributed by atoms with Gasteiger partial charge in [-0.15, -0.1) is 0 Å². The van der Waals surface area contributed by atoms with Crippen molar-refractivity contribution in [3.8, 4) is 11.4 Å². The van der Waals surface area contributed by atoms with E-state index in [1.807, 2.05) is 36.7 Å². The van der Waals surface area contributed by atoms with Crippen LogP contribution in [0.2, 0.25) is 0 Å². The summed E-state index contributed by atoms with van der Waals surface area (Å²) in [6.07, 6.45) is 4.90. The van der Waals surface area contributed by atoms with Crippen molar-refractivity contribution < 1.29 is 0 Å². The maximum Gasteiger partial charge on any atom is 0.139 e. The first-order valence-electron chi connectivity index (χ1n) is 6.21. The fourth-order valence-corrected chi connectivity index (χ4v) is 2.77. The van der Waals surface area contributed by atoms with Crippen molar-refractivity contribution in [2.75, 3.05) is 5.73 Å². The average Bonchev–Trinajstić information content (AvgIpc) is 3.08. The monoisotopic (exact) mass is 269 g/mol. The van der Waals surface area contributed by atoms with Gasteiger partial charge in [0.2, 0.25) is 0 Å². The topological polar surface area (TPSA) is 43.8 Å². The molecule has 2 N–H and O–H groups in total. The lowest BCUT2D eigenvalue weighted by molar-refractivity contribution is 0.704. The first kappa shape index (κ1) is 12.0. The van der Waals surface area contributed by atoms with Crippen LogP contribution in [0.5, 0.6) is 0 Å². The van der Waals surface area contributed by atoms with Crippen molar-refractivity contribution in [1.82, 2.24) is 9.55 Å². The lowest BCUT2D eigenvalue weighted by atomic mass is 10.2. The number of hydrogen-bond donors (Lipinski definition) is 1. The Morgan fingerprint density at radius 2 is 2.00 bits per heavy atom. The van der Waals surface area contributed by atoms with Gasteiger partial charge in [0.05, 0.1) is 0 Å². The number of nitrogen functional groups attached to an aromatic ring is 1. The van der Waals surface area contributed by atoms with E-state index in [1.165, 1.54) is 5.56 Å². The van der Waals surface area contributed by atoms with E-state index in [9.17, 15) is 0 Å². The van der Waals surface area contributed by atoms with Gasteiger partial charge in [0.1, 0.15) is 5.82 Å². The Kier molecular flexibility index (Phi) is 3.33. The van der Waals surface area contributed by atoms with Gasteiger partial charge in [-0.1, -0.05) is 0 Å². The van der Waals surface area contributed by atoms with E-state index in [4.69, 9.17) is 5.73 Å². The van der Waals surface area contributed by atoms with E-state index in [1.54, 1.807) is 11.3 Å². The van der Waals surface area contributed by atoms with Crippen LogP contribution in [0.15, 0.2) is 53.5 Å². The Balaban J connectivity index is 1.80. The van der Waals surface area contributed by atoms with Crippen LogP contribution in [0, 0.1) is 0 Å². The number of anilines is 1. The van der Waals surface area contributed by atoms with Gasteiger partial charge in [0.15, 0.2) is 0 Å². The zero-order chi connectivity index (χ0) is 13.1. The van der Waals surface area contributed by atoms with Gasteiger partial charge in [-0.05, 0) is 53.1 Å². The molecule has 3 nitrogen and oxygen atoms in total. The third-order valence-corrected chi connectivity index (χ3v) is 3.84. The molecular weight excluding hydrogens is 254 g/mol. The Bertz CT molecular complexity index is 638. The third-order valence-electron chi connectivity index (χ3n) is 3.11. The second kappa shape index (κ2) is 5.28. The van der Waals surface area contributed by atoms with E-state index in [2.05, 4.69) is 26.4 Å². The van der Waals surface area contributed by atoms with E-state index >= 15 is 0 Å². The normalized spacial score (nSPS) is 10.7. The van der Waals surface area contributed by atoms with Crippen LogP contribution in [0.1, 0.15) is 5.56 Å². The molecule has 19 heavy (non-hydrogen) atoms. The summed E-state index contributed by atoms with van der Waals surface area (Å²) < 4.78 is 2.18. The molecule has 96 valence electrons. The summed E-state index contributed by atoms with van der Waals surface area (Å²) in [5.74, 6) is 0.996. The lowest BCUT2D eigenvalue weighted by Crippen LogP contribution is -2.02. The molecule has 0 atom stereocenters. The first-order valence-corrected chi connectivity index (χ1v) is 7.15. The van der Waals surface area contributed by atoms with Gasteiger partial charge in [-0.25, -0.2) is 4.98 Å². The van der Waals surface area contributed by atoms with Crippen LogP contribution in [-0.4, -0.2) is 9.55 Å². The van der Waals surface area contributed by atoms with Gasteiger partial charge < -0.3 is 10.3 Å². The standard InChI is InChI=1S/C15H15N3S/c16-14-3-1-13(2-4-14)15-17-7-9-18(15)8-5-12-6-10-19-11-12/h1-4,6-7,9-11H,5,8,16H2. The van der Waals surface area contributed by atoms with Crippen molar-refractivity contribution in [3.63, 3.8) is 0 Å². The Morgan fingerprint density at radius 1 is 1.16 bits per heavy atom. The second-order valence-electron chi connectivity index (χ2n) is 4.45. The molecule has 0 amide bonds. The highest BCUT2D eigenvalue weighted by atomic mass is 32.1. The molecule has 3 rings (SSSR count). The number of benzene rings is 1. The lowest BCUT2D eigenvalue weighted by Gasteiger charge is -2.07. The molecule has 2 aromatic heterocycles. The highest BCUT2D eigenvalue weighted by Crippen LogP contribution is 2.19. The van der Waals surface area contributed by atoms with E-state index < -0.39 is 0 Å². The maximum atomic E-state index is 5.71. The van der Waals surface area contributed by atoms with Gasteiger partial charge >= 0.3 is 0 Å². The summed E-state index contributed by atoms with van der Waals surface area (Å²) in [7, 11) is 0. The van der Waals surface area contributed by atoms with Crippen LogP contribution in [0.4, 0.5) is 5.69 Å². The fraction of sp³-hybridized carbons (Fsp3) is 0.133. The molecule has 0 unspecified atom stereocenters. The fourth-order valence-electron chi connectivity index (χ4n) is 2.07. The molecule has 0 bridgehead atoms. The van der Waals surface area contributed by atoms with Crippen LogP contribution >= 0.6 is 11.3 Å². The molecule has 0 aliphatic heterocycles. The zero-order valence-electron chi connectivity index (χ0n) is 10.5. The van der Waals surface area contributed by atoms with Crippen LogP contribution < -0.4 is 5.73 Å². The molecular formula is C15H15N3S. The molecule has 0 spiro atoms. The minimum absolute atomic E-state index is 0.778. The average molecular weight is 269 g/mol. The molecule has 0 saturated carbocycles. The first-order chi connectivity index (χ1) is 9.33. The Hall–Kier alpha value is -2.07. The molecule has 0 aliphatic rings. The predicted octanol–water partition coefficient (Wildman–Crippen LogP) is 3.44. The highest BCUT2D eigenvalue weighted by molar-refractivity contribution is 7.07. The van der Waals surface area contributed by atoms with Crippen molar-refractivity contribution >= 4 is 17.0 Å². The van der Waals surface area contributed by atoms with Gasteiger partial charge in [-0.2, -0.15) is 11.3 Å². The second-order valence-corrected chi connectivity index (χ2v) is 5.23. The minimum Gasteiger partial charge on any atom is -0.399 e. The quantitative estimate of drug-likeness (QED) is 0.737. The zero-order valence-corrected chi connectivity index (χ0v) is 11.3. The summed E-state index contributed by atoms with van der Waals surface area (Å²) >= 11 is 1.74. The molecule has 3 aromatic rings. The van der Waals surface area contributed by atoms with E-state index in [0.717, 1.165) is 30.0 Å². The smallest absolute Gasteiger partial charge is 0.139 e. The van der Waals surface area contributed by atoms with Crippen molar-refractivity contribution in [3.05, 3.63) is 59.0 Å². The van der Waals surface area contributed by atoms with Crippen molar-refractivity contribution in [2.45, 2.75) is 13.0 Å². The minimum atomic E-state index is 0.778. The van der Waals surface area contributed by atoms with E-state index in [-0.39, 0.29) is 0 Å². The summed E-state index contributed by atoms with van der Waals surface area (Å²) in [6.45, 7) is 0.941. The predicted molar refractivity (Wildman–Crippen MR) is 80.1 cm³/mol. The summed E-state index contributed by atoms with van der Waals surface area (Å²) in [4.78, 5) is 4.44. The van der Waals surface area contributed by atoms with Gasteiger partial charge in [0.25, 0.3) is 0 Å². The molecule has 2 heterocycles. The number of aromatic nitrogens is 2. The van der Waals surface area contributed by atoms with Crippen molar-refractivity contribution in [2.24, 2.45) is 0 Å². The maximum absolute atomic E-state index is 5.71. The third kappa shape index (κ3) is 2.69. The van der Waals surface area contributed by atoms with Gasteiger partial charge in [0, 0.05) is 30.2 Å². The summed E-state index contributed by atoms with van der Waals surface area (Å²) in [6, 6.07) is 10.0. The largest absolute Gasteiger partial charge is 0.399 e. The van der Waals surface area contributed by atoms with Gasteiger partial charge in [-0.3, -0.25) is 0 Å². The number of aryl methyl sites for hydroxylation is 2. The molecule has 0 aliphatic carbocycles. The van der Waals surface area contributed by atoms with Crippen LogP contribution in [0.3, 0.4) is 0 Å². The summed E-state index contributed by atoms with van der Waals surface area (Å²) in [5, 5.41) is 4.31. The SMILES string of the molecule is Nc1ccc(-c2nccn2CCc2ccsc2)cc1. The molecule has 1 aromatic carbocycles. The van der Waals surface area contributed by atoms with Crippen LogP contribution in [-0.2, 0) is 13.0 Å². The number of nitrogens with two attached hydrogens (primary N) is 1. The number of thiophene rings is 1. The number of rotatable bonds is 4. The highest BCUT2D eigenvalue weighted by Gasteiger charge is 2.05. The Labute approximate surface area is 116 Å². The van der Waals surface area contributed by atoms with E-state index in [0.29, 0.717) is 0 Å². The molecule has 4 heteroatoms. The molecule has 0 fully saturated rings. The molecule has 0 radical (unpaired) electrons. The molecule has 0 saturated heterocycles. The van der Waals surface area contributed by atoms with Crippen LogP contribution in [0.25, 0.3) is 11.4 Å². The number of nitrogens with zero attached hydrogens (tertiary/aromatic N) is 2. The summed E-state index contributed by atoms with van der Waals surface area (Å²) in [5.41, 5.74) is 8.97. The van der Waals surface area contributed by atoms with Crippen molar-refractivity contribution in [1.29, 1.82) is 0 Å². The number of hydrogen-bond acceptors (Lipinski definition) is 3. The number of imidazole rings is 1.